The standard InChI is InChI=1S/C14H16N4O/c1-10-14(19)17(8-12-6-4-3-5-7-12)9-13-16-15-11(2)18(10)13/h3-7,10H,8-9H2,1-2H3/t10-/m1/s1. The zero-order chi connectivity index (χ0) is 13.4. The fourth-order valence-electron chi connectivity index (χ4n) is 2.59. The predicted molar refractivity (Wildman–Crippen MR) is 70.2 cm³/mol. The van der Waals surface area contributed by atoms with Crippen LogP contribution in [-0.4, -0.2) is 25.6 Å². The Bertz CT molecular complexity index is 605. The minimum Gasteiger partial charge on any atom is -0.329 e. The van der Waals surface area contributed by atoms with E-state index < -0.39 is 0 Å². The number of fused-ring (bicyclic) bond motifs is 1. The van der Waals surface area contributed by atoms with Gasteiger partial charge in [0, 0.05) is 6.54 Å². The number of carbonyl (C=O) groups is 1. The van der Waals surface area contributed by atoms with Gasteiger partial charge in [0.1, 0.15) is 11.9 Å². The predicted octanol–water partition coefficient (Wildman–Crippen LogP) is 1.69. The van der Waals surface area contributed by atoms with Crippen molar-refractivity contribution in [3.8, 4) is 0 Å². The van der Waals surface area contributed by atoms with E-state index in [4.69, 9.17) is 0 Å². The lowest BCUT2D eigenvalue weighted by molar-refractivity contribution is -0.137. The molecule has 0 unspecified atom stereocenters. The zero-order valence-electron chi connectivity index (χ0n) is 11.1. The number of rotatable bonds is 2. The third-order valence-electron chi connectivity index (χ3n) is 3.54. The van der Waals surface area contributed by atoms with Crippen molar-refractivity contribution in [1.82, 2.24) is 19.7 Å². The summed E-state index contributed by atoms with van der Waals surface area (Å²) in [6.45, 7) is 4.93. The molecule has 0 saturated carbocycles. The largest absolute Gasteiger partial charge is 0.329 e. The average molecular weight is 256 g/mol. The molecule has 5 heteroatoms. The van der Waals surface area contributed by atoms with Crippen LogP contribution < -0.4 is 0 Å². The quantitative estimate of drug-likeness (QED) is 0.821. The molecule has 0 bridgehead atoms. The van der Waals surface area contributed by atoms with E-state index in [1.54, 1.807) is 0 Å². The number of hydrogen-bond donors (Lipinski definition) is 0. The Balaban J connectivity index is 1.88. The molecule has 1 aromatic heterocycles. The molecule has 2 aromatic rings. The van der Waals surface area contributed by atoms with Crippen LogP contribution in [0.25, 0.3) is 0 Å². The third-order valence-corrected chi connectivity index (χ3v) is 3.54. The van der Waals surface area contributed by atoms with Crippen molar-refractivity contribution in [2.24, 2.45) is 0 Å². The molecule has 0 saturated heterocycles. The van der Waals surface area contributed by atoms with E-state index in [-0.39, 0.29) is 11.9 Å². The van der Waals surface area contributed by atoms with E-state index in [9.17, 15) is 4.79 Å². The molecule has 19 heavy (non-hydrogen) atoms. The number of benzene rings is 1. The Hall–Kier alpha value is -2.17. The van der Waals surface area contributed by atoms with Crippen molar-refractivity contribution >= 4 is 5.91 Å². The molecule has 1 aliphatic rings. The molecule has 0 radical (unpaired) electrons. The molecule has 2 heterocycles. The summed E-state index contributed by atoms with van der Waals surface area (Å²) in [7, 11) is 0. The highest BCUT2D eigenvalue weighted by Crippen LogP contribution is 2.23. The summed E-state index contributed by atoms with van der Waals surface area (Å²) >= 11 is 0. The lowest BCUT2D eigenvalue weighted by Gasteiger charge is -2.31. The van der Waals surface area contributed by atoms with Crippen LogP contribution in [-0.2, 0) is 17.9 Å². The second-order valence-electron chi connectivity index (χ2n) is 4.89. The van der Waals surface area contributed by atoms with Crippen molar-refractivity contribution in [2.45, 2.75) is 33.0 Å². The molecule has 1 atom stereocenters. The van der Waals surface area contributed by atoms with Gasteiger partial charge in [0.15, 0.2) is 5.82 Å². The van der Waals surface area contributed by atoms with Gasteiger partial charge in [0.25, 0.3) is 0 Å². The van der Waals surface area contributed by atoms with Crippen molar-refractivity contribution in [3.63, 3.8) is 0 Å². The molecule has 0 fully saturated rings. The Kier molecular flexibility index (Phi) is 2.81. The zero-order valence-corrected chi connectivity index (χ0v) is 11.1. The van der Waals surface area contributed by atoms with Gasteiger partial charge < -0.3 is 9.47 Å². The van der Waals surface area contributed by atoms with E-state index in [0.717, 1.165) is 17.2 Å². The Morgan fingerprint density at radius 1 is 1.26 bits per heavy atom. The summed E-state index contributed by atoms with van der Waals surface area (Å²) < 4.78 is 1.92. The van der Waals surface area contributed by atoms with Crippen molar-refractivity contribution < 1.29 is 4.79 Å². The van der Waals surface area contributed by atoms with Gasteiger partial charge in [-0.05, 0) is 19.4 Å². The molecule has 1 aliphatic heterocycles. The van der Waals surface area contributed by atoms with E-state index in [1.165, 1.54) is 0 Å². The highest BCUT2D eigenvalue weighted by atomic mass is 16.2. The van der Waals surface area contributed by atoms with Gasteiger partial charge in [-0.25, -0.2) is 0 Å². The minimum atomic E-state index is -0.220. The SMILES string of the molecule is Cc1nnc2n1[C@H](C)C(=O)N(Cc1ccccc1)C2. The van der Waals surface area contributed by atoms with Crippen LogP contribution in [0.5, 0.6) is 0 Å². The summed E-state index contributed by atoms with van der Waals surface area (Å²) in [6.07, 6.45) is 0. The maximum absolute atomic E-state index is 12.4. The molecule has 5 nitrogen and oxygen atoms in total. The summed E-state index contributed by atoms with van der Waals surface area (Å²) in [5.41, 5.74) is 1.13. The van der Waals surface area contributed by atoms with Crippen LogP contribution in [0.3, 0.4) is 0 Å². The van der Waals surface area contributed by atoms with Gasteiger partial charge in [-0.3, -0.25) is 4.79 Å². The normalized spacial score (nSPS) is 18.5. The second kappa shape index (κ2) is 4.50. The molecule has 0 aliphatic carbocycles. The van der Waals surface area contributed by atoms with Crippen molar-refractivity contribution in [3.05, 3.63) is 47.5 Å². The molecule has 1 aromatic carbocycles. The molecule has 0 N–H and O–H groups in total. The highest BCUT2D eigenvalue weighted by molar-refractivity contribution is 5.81. The van der Waals surface area contributed by atoms with Crippen LogP contribution in [0.15, 0.2) is 30.3 Å². The van der Waals surface area contributed by atoms with Gasteiger partial charge >= 0.3 is 0 Å². The Morgan fingerprint density at radius 2 is 2.00 bits per heavy atom. The van der Waals surface area contributed by atoms with Gasteiger partial charge in [-0.2, -0.15) is 0 Å². The first-order valence-corrected chi connectivity index (χ1v) is 6.40. The van der Waals surface area contributed by atoms with Crippen LogP contribution in [0, 0.1) is 6.92 Å². The van der Waals surface area contributed by atoms with Crippen LogP contribution >= 0.6 is 0 Å². The third kappa shape index (κ3) is 2.01. The van der Waals surface area contributed by atoms with Crippen molar-refractivity contribution in [2.75, 3.05) is 0 Å². The topological polar surface area (TPSA) is 51.0 Å². The van der Waals surface area contributed by atoms with Crippen LogP contribution in [0.1, 0.15) is 30.2 Å². The van der Waals surface area contributed by atoms with E-state index in [0.29, 0.717) is 13.1 Å². The molecular formula is C14H16N4O. The minimum absolute atomic E-state index is 0.124. The number of nitrogens with zero attached hydrogens (tertiary/aromatic N) is 4. The second-order valence-corrected chi connectivity index (χ2v) is 4.89. The van der Waals surface area contributed by atoms with Crippen LogP contribution in [0.4, 0.5) is 0 Å². The molecule has 0 spiro atoms. The number of aromatic nitrogens is 3. The monoisotopic (exact) mass is 256 g/mol. The molecular weight excluding hydrogens is 240 g/mol. The van der Waals surface area contributed by atoms with E-state index >= 15 is 0 Å². The summed E-state index contributed by atoms with van der Waals surface area (Å²) in [4.78, 5) is 14.2. The van der Waals surface area contributed by atoms with Gasteiger partial charge in [0.2, 0.25) is 5.91 Å². The fourth-order valence-corrected chi connectivity index (χ4v) is 2.59. The lowest BCUT2D eigenvalue weighted by Crippen LogP contribution is -2.41. The summed E-state index contributed by atoms with van der Waals surface area (Å²) in [5, 5.41) is 8.21. The van der Waals surface area contributed by atoms with Gasteiger partial charge in [0.05, 0.1) is 6.54 Å². The van der Waals surface area contributed by atoms with E-state index in [2.05, 4.69) is 10.2 Å². The first kappa shape index (κ1) is 11.9. The Labute approximate surface area is 111 Å². The van der Waals surface area contributed by atoms with Crippen LogP contribution in [0.2, 0.25) is 0 Å². The first-order chi connectivity index (χ1) is 9.16. The highest BCUT2D eigenvalue weighted by Gasteiger charge is 2.31. The number of amides is 1. The van der Waals surface area contributed by atoms with E-state index in [1.807, 2.05) is 53.6 Å². The number of carbonyl (C=O) groups excluding carboxylic acids is 1. The summed E-state index contributed by atoms with van der Waals surface area (Å²) in [5.74, 6) is 1.79. The smallest absolute Gasteiger partial charge is 0.246 e. The molecule has 98 valence electrons. The number of hydrogen-bond acceptors (Lipinski definition) is 3. The van der Waals surface area contributed by atoms with Crippen molar-refractivity contribution in [1.29, 1.82) is 0 Å². The maximum Gasteiger partial charge on any atom is 0.246 e. The van der Waals surface area contributed by atoms with Gasteiger partial charge in [-0.15, -0.1) is 10.2 Å². The van der Waals surface area contributed by atoms with Gasteiger partial charge in [-0.1, -0.05) is 30.3 Å². The lowest BCUT2D eigenvalue weighted by atomic mass is 10.1. The summed E-state index contributed by atoms with van der Waals surface area (Å²) in [6, 6.07) is 9.79. The number of aryl methyl sites for hydroxylation is 1. The maximum atomic E-state index is 12.4. The Morgan fingerprint density at radius 3 is 2.74 bits per heavy atom. The average Bonchev–Trinajstić information content (AvgIpc) is 2.78. The molecule has 1 amide bonds. The molecule has 3 rings (SSSR count). The first-order valence-electron chi connectivity index (χ1n) is 6.40. The fraction of sp³-hybridized carbons (Fsp3) is 0.357.